The van der Waals surface area contributed by atoms with Crippen LogP contribution in [0.15, 0.2) is 54.6 Å². The summed E-state index contributed by atoms with van der Waals surface area (Å²) in [5.41, 5.74) is 3.74. The molecule has 1 atom stereocenters. The van der Waals surface area contributed by atoms with Crippen LogP contribution in [-0.4, -0.2) is 17.5 Å². The molecule has 0 spiro atoms. The Morgan fingerprint density at radius 3 is 2.48 bits per heavy atom. The number of urea groups is 1. The maximum absolute atomic E-state index is 12.4. The van der Waals surface area contributed by atoms with Crippen molar-refractivity contribution in [2.75, 3.05) is 6.54 Å². The first-order valence-electron chi connectivity index (χ1n) is 7.41. The minimum Gasteiger partial charge on any atom is -0.331 e. The molecule has 0 aliphatic carbocycles. The molecule has 0 aromatic heterocycles. The summed E-state index contributed by atoms with van der Waals surface area (Å²) >= 11 is 0. The minimum atomic E-state index is 0.0147. The molecule has 3 heteroatoms. The molecule has 1 N–H and O–H groups in total. The van der Waals surface area contributed by atoms with Gasteiger partial charge in [-0.1, -0.05) is 54.6 Å². The average molecular weight is 280 g/mol. The molecule has 2 aromatic carbocycles. The molecule has 0 bridgehead atoms. The van der Waals surface area contributed by atoms with Crippen molar-refractivity contribution in [2.45, 2.75) is 25.9 Å². The summed E-state index contributed by atoms with van der Waals surface area (Å²) in [4.78, 5) is 14.3. The molecule has 2 amide bonds. The molecule has 0 fully saturated rings. The van der Waals surface area contributed by atoms with Gasteiger partial charge >= 0.3 is 6.03 Å². The molecule has 0 saturated carbocycles. The number of rotatable bonds is 2. The van der Waals surface area contributed by atoms with Gasteiger partial charge in [0.05, 0.1) is 6.04 Å². The predicted octanol–water partition coefficient (Wildman–Crippen LogP) is 3.52. The van der Waals surface area contributed by atoms with Crippen molar-refractivity contribution < 1.29 is 4.79 Å². The van der Waals surface area contributed by atoms with Gasteiger partial charge in [-0.3, -0.25) is 0 Å². The summed E-state index contributed by atoms with van der Waals surface area (Å²) in [6.07, 6.45) is 0.934. The summed E-state index contributed by atoms with van der Waals surface area (Å²) in [5.74, 6) is 0. The zero-order valence-corrected chi connectivity index (χ0v) is 12.3. The van der Waals surface area contributed by atoms with Gasteiger partial charge in [0.15, 0.2) is 0 Å². The molecule has 1 aliphatic heterocycles. The molecule has 1 aliphatic rings. The van der Waals surface area contributed by atoms with E-state index in [-0.39, 0.29) is 12.1 Å². The van der Waals surface area contributed by atoms with Gasteiger partial charge in [-0.05, 0) is 30.0 Å². The maximum Gasteiger partial charge on any atom is 0.318 e. The van der Waals surface area contributed by atoms with Crippen LogP contribution in [0, 0.1) is 0 Å². The van der Waals surface area contributed by atoms with Gasteiger partial charge in [0.2, 0.25) is 0 Å². The van der Waals surface area contributed by atoms with Gasteiger partial charge in [-0.25, -0.2) is 4.79 Å². The number of nitrogens with one attached hydrogen (secondary N) is 1. The fourth-order valence-corrected chi connectivity index (χ4v) is 2.77. The van der Waals surface area contributed by atoms with Gasteiger partial charge in [-0.15, -0.1) is 0 Å². The van der Waals surface area contributed by atoms with Crippen LogP contribution >= 0.6 is 0 Å². The van der Waals surface area contributed by atoms with Crippen molar-refractivity contribution in [3.63, 3.8) is 0 Å². The standard InChI is InChI=1S/C18H20N2O/c1-14(15-7-3-2-4-8-15)19-18(21)20-12-11-16-9-5-6-10-17(16)13-20/h2-10,14H,11-13H2,1H3,(H,19,21)/t14-/m1/s1. The van der Waals surface area contributed by atoms with Crippen LogP contribution in [0.25, 0.3) is 0 Å². The van der Waals surface area contributed by atoms with E-state index in [0.717, 1.165) is 18.5 Å². The first kappa shape index (κ1) is 13.7. The highest BCUT2D eigenvalue weighted by Crippen LogP contribution is 2.19. The Kier molecular flexibility index (Phi) is 3.91. The van der Waals surface area contributed by atoms with E-state index in [1.165, 1.54) is 11.1 Å². The lowest BCUT2D eigenvalue weighted by Gasteiger charge is -2.30. The maximum atomic E-state index is 12.4. The normalized spacial score (nSPS) is 15.2. The Morgan fingerprint density at radius 2 is 1.71 bits per heavy atom. The second kappa shape index (κ2) is 6.00. The Bertz CT molecular complexity index is 624. The van der Waals surface area contributed by atoms with E-state index in [0.29, 0.717) is 6.54 Å². The lowest BCUT2D eigenvalue weighted by molar-refractivity contribution is 0.189. The molecule has 3 rings (SSSR count). The highest BCUT2D eigenvalue weighted by Gasteiger charge is 2.21. The van der Waals surface area contributed by atoms with Crippen LogP contribution in [0.1, 0.15) is 29.7 Å². The number of fused-ring (bicyclic) bond motifs is 1. The highest BCUT2D eigenvalue weighted by molar-refractivity contribution is 5.75. The van der Waals surface area contributed by atoms with Gasteiger partial charge in [0.25, 0.3) is 0 Å². The lowest BCUT2D eigenvalue weighted by Crippen LogP contribution is -2.43. The number of carbonyl (C=O) groups is 1. The predicted molar refractivity (Wildman–Crippen MR) is 83.9 cm³/mol. The second-order valence-corrected chi connectivity index (χ2v) is 5.52. The van der Waals surface area contributed by atoms with Crippen LogP contribution in [0.2, 0.25) is 0 Å². The molecule has 108 valence electrons. The van der Waals surface area contributed by atoms with E-state index < -0.39 is 0 Å². The SMILES string of the molecule is C[C@@H](NC(=O)N1CCc2ccccc2C1)c1ccccc1. The van der Waals surface area contributed by atoms with Gasteiger partial charge < -0.3 is 10.2 Å². The smallest absolute Gasteiger partial charge is 0.318 e. The topological polar surface area (TPSA) is 32.3 Å². The van der Waals surface area contributed by atoms with E-state index in [1.807, 2.05) is 48.2 Å². The van der Waals surface area contributed by atoms with Gasteiger partial charge in [0.1, 0.15) is 0 Å². The molecule has 0 radical (unpaired) electrons. The molecular formula is C18H20N2O. The number of hydrogen-bond donors (Lipinski definition) is 1. The zero-order chi connectivity index (χ0) is 14.7. The number of hydrogen-bond acceptors (Lipinski definition) is 1. The molecule has 1 heterocycles. The zero-order valence-electron chi connectivity index (χ0n) is 12.3. The highest BCUT2D eigenvalue weighted by atomic mass is 16.2. The first-order valence-corrected chi connectivity index (χ1v) is 7.41. The molecule has 0 saturated heterocycles. The van der Waals surface area contributed by atoms with E-state index in [4.69, 9.17) is 0 Å². The Morgan fingerprint density at radius 1 is 1.05 bits per heavy atom. The number of nitrogens with zero attached hydrogens (tertiary/aromatic N) is 1. The Balaban J connectivity index is 1.65. The average Bonchev–Trinajstić information content (AvgIpc) is 2.55. The summed E-state index contributed by atoms with van der Waals surface area (Å²) in [6, 6.07) is 18.4. The monoisotopic (exact) mass is 280 g/mol. The summed E-state index contributed by atoms with van der Waals surface area (Å²) in [6.45, 7) is 3.50. The molecule has 3 nitrogen and oxygen atoms in total. The molecule has 0 unspecified atom stereocenters. The van der Waals surface area contributed by atoms with E-state index >= 15 is 0 Å². The van der Waals surface area contributed by atoms with Gasteiger partial charge in [0, 0.05) is 13.1 Å². The van der Waals surface area contributed by atoms with Gasteiger partial charge in [-0.2, -0.15) is 0 Å². The van der Waals surface area contributed by atoms with Crippen LogP contribution in [0.3, 0.4) is 0 Å². The van der Waals surface area contributed by atoms with Crippen molar-refractivity contribution in [1.82, 2.24) is 10.2 Å². The summed E-state index contributed by atoms with van der Waals surface area (Å²) < 4.78 is 0. The number of carbonyl (C=O) groups excluding carboxylic acids is 1. The van der Waals surface area contributed by atoms with Crippen LogP contribution in [0.5, 0.6) is 0 Å². The van der Waals surface area contributed by atoms with Crippen molar-refractivity contribution in [2.24, 2.45) is 0 Å². The fourth-order valence-electron chi connectivity index (χ4n) is 2.77. The molecule has 2 aromatic rings. The number of amides is 2. The Labute approximate surface area is 125 Å². The van der Waals surface area contributed by atoms with Crippen molar-refractivity contribution >= 4 is 6.03 Å². The second-order valence-electron chi connectivity index (χ2n) is 5.52. The van der Waals surface area contributed by atoms with Crippen LogP contribution in [-0.2, 0) is 13.0 Å². The molecule has 21 heavy (non-hydrogen) atoms. The van der Waals surface area contributed by atoms with E-state index in [1.54, 1.807) is 0 Å². The van der Waals surface area contributed by atoms with Crippen molar-refractivity contribution in [3.8, 4) is 0 Å². The fraction of sp³-hybridized carbons (Fsp3) is 0.278. The third-order valence-electron chi connectivity index (χ3n) is 4.06. The molecular weight excluding hydrogens is 260 g/mol. The van der Waals surface area contributed by atoms with Crippen LogP contribution < -0.4 is 5.32 Å². The quantitative estimate of drug-likeness (QED) is 0.897. The first-order chi connectivity index (χ1) is 10.2. The largest absolute Gasteiger partial charge is 0.331 e. The van der Waals surface area contributed by atoms with E-state index in [9.17, 15) is 4.79 Å². The van der Waals surface area contributed by atoms with Crippen LogP contribution in [0.4, 0.5) is 4.79 Å². The minimum absolute atomic E-state index is 0.0147. The number of benzene rings is 2. The third kappa shape index (κ3) is 3.07. The van der Waals surface area contributed by atoms with Crippen molar-refractivity contribution in [1.29, 1.82) is 0 Å². The lowest BCUT2D eigenvalue weighted by atomic mass is 10.0. The van der Waals surface area contributed by atoms with Crippen molar-refractivity contribution in [3.05, 3.63) is 71.3 Å². The summed E-state index contributed by atoms with van der Waals surface area (Å²) in [5, 5.41) is 3.08. The van der Waals surface area contributed by atoms with E-state index in [2.05, 4.69) is 23.5 Å². The summed E-state index contributed by atoms with van der Waals surface area (Å²) in [7, 11) is 0. The Hall–Kier alpha value is -2.29. The third-order valence-corrected chi connectivity index (χ3v) is 4.06.